The highest BCUT2D eigenvalue weighted by atomic mass is 35.5. The van der Waals surface area contributed by atoms with E-state index in [1.165, 1.54) is 0 Å². The smallest absolute Gasteiger partial charge is 0.337 e. The summed E-state index contributed by atoms with van der Waals surface area (Å²) in [5, 5.41) is 3.56. The second-order valence-corrected chi connectivity index (χ2v) is 9.68. The normalized spacial score (nSPS) is 20.2. The van der Waals surface area contributed by atoms with Gasteiger partial charge in [-0.25, -0.2) is 0 Å². The zero-order chi connectivity index (χ0) is 19.3. The number of hydrogen-bond acceptors (Lipinski definition) is 3. The lowest BCUT2D eigenvalue weighted by atomic mass is 10.0. The van der Waals surface area contributed by atoms with Crippen LogP contribution in [0.3, 0.4) is 0 Å². The minimum atomic E-state index is -4.47. The third kappa shape index (κ3) is 6.67. The molecule has 1 aromatic carbocycles. The second kappa shape index (κ2) is 9.34. The van der Waals surface area contributed by atoms with Gasteiger partial charge in [0.25, 0.3) is 0 Å². The van der Waals surface area contributed by atoms with Gasteiger partial charge >= 0.3 is 7.60 Å². The van der Waals surface area contributed by atoms with E-state index < -0.39 is 19.2 Å². The second-order valence-electron chi connectivity index (χ2n) is 7.44. The number of piperidine rings is 1. The summed E-state index contributed by atoms with van der Waals surface area (Å²) in [6, 6.07) is 7.59. The topological polar surface area (TPSA) is 89.9 Å². The molecule has 0 radical (unpaired) electrons. The van der Waals surface area contributed by atoms with Gasteiger partial charge in [-0.05, 0) is 49.4 Å². The van der Waals surface area contributed by atoms with Crippen molar-refractivity contribution in [1.29, 1.82) is 0 Å². The Morgan fingerprint density at radius 2 is 2.00 bits per heavy atom. The molecule has 2 unspecified atom stereocenters. The zero-order valence-electron chi connectivity index (χ0n) is 15.3. The molecule has 1 fully saturated rings. The molecule has 1 aliphatic rings. The molecule has 0 aromatic heterocycles. The summed E-state index contributed by atoms with van der Waals surface area (Å²) >= 11 is 5.91. The van der Waals surface area contributed by atoms with E-state index in [0.717, 1.165) is 31.5 Å². The van der Waals surface area contributed by atoms with Gasteiger partial charge in [-0.3, -0.25) is 14.3 Å². The average molecular weight is 403 g/mol. The molecular weight excluding hydrogens is 375 g/mol. The van der Waals surface area contributed by atoms with Gasteiger partial charge in [-0.15, -0.1) is 0 Å². The molecule has 1 aromatic rings. The van der Waals surface area contributed by atoms with Gasteiger partial charge in [0.2, 0.25) is 5.91 Å². The molecule has 1 saturated heterocycles. The summed E-state index contributed by atoms with van der Waals surface area (Å²) in [4.78, 5) is 33.8. The maximum Gasteiger partial charge on any atom is 0.337 e. The van der Waals surface area contributed by atoms with E-state index in [0.29, 0.717) is 11.6 Å². The number of carbonyl (C=O) groups is 1. The number of hydrogen-bond donors (Lipinski definition) is 3. The molecule has 26 heavy (non-hydrogen) atoms. The fourth-order valence-electron chi connectivity index (χ4n) is 3.31. The molecular formula is C18H28ClN2O4P. The van der Waals surface area contributed by atoms with Crippen molar-refractivity contribution in [3.8, 4) is 0 Å². The quantitative estimate of drug-likeness (QED) is 0.610. The number of amides is 1. The lowest BCUT2D eigenvalue weighted by Crippen LogP contribution is -2.50. The van der Waals surface area contributed by atoms with Gasteiger partial charge in [-0.2, -0.15) is 0 Å². The highest BCUT2D eigenvalue weighted by Gasteiger charge is 2.37. The molecule has 0 aliphatic carbocycles. The summed E-state index contributed by atoms with van der Waals surface area (Å²) in [6.07, 6.45) is 1.93. The average Bonchev–Trinajstić information content (AvgIpc) is 2.54. The van der Waals surface area contributed by atoms with Crippen LogP contribution >= 0.6 is 19.2 Å². The van der Waals surface area contributed by atoms with Crippen molar-refractivity contribution < 1.29 is 19.1 Å². The van der Waals surface area contributed by atoms with Crippen molar-refractivity contribution in [1.82, 2.24) is 10.2 Å². The first kappa shape index (κ1) is 21.4. The first-order valence-electron chi connectivity index (χ1n) is 8.97. The van der Waals surface area contributed by atoms with Crippen molar-refractivity contribution in [3.63, 3.8) is 0 Å². The number of nitrogens with zero attached hydrogens (tertiary/aromatic N) is 1. The SMILES string of the molecule is CC(C)CC(C(=O)NC1CCCN(Cc2ccc(Cl)cc2)C1)P(=O)(O)O. The first-order chi connectivity index (χ1) is 12.1. The standard InChI is InChI=1S/C18H28ClN2O4P/c1-13(2)10-17(26(23,24)25)18(22)20-16-4-3-9-21(12-16)11-14-5-7-15(19)8-6-14/h5-8,13,16-17H,3-4,9-12H2,1-2H3,(H,20,22)(H2,23,24,25). The van der Waals surface area contributed by atoms with Crippen LogP contribution in [0.25, 0.3) is 0 Å². The maximum atomic E-state index is 12.5. The molecule has 0 bridgehead atoms. The van der Waals surface area contributed by atoms with E-state index in [1.807, 2.05) is 38.1 Å². The van der Waals surface area contributed by atoms with Crippen molar-refractivity contribution in [3.05, 3.63) is 34.9 Å². The summed E-state index contributed by atoms with van der Waals surface area (Å²) < 4.78 is 11.7. The Bertz CT molecular complexity index is 647. The van der Waals surface area contributed by atoms with Crippen LogP contribution in [0.1, 0.15) is 38.7 Å². The van der Waals surface area contributed by atoms with Crippen LogP contribution in [0.5, 0.6) is 0 Å². The van der Waals surface area contributed by atoms with Crippen LogP contribution in [-0.2, 0) is 15.9 Å². The molecule has 0 spiro atoms. The third-order valence-electron chi connectivity index (χ3n) is 4.57. The molecule has 1 aliphatic heterocycles. The van der Waals surface area contributed by atoms with Gasteiger partial charge in [0.05, 0.1) is 0 Å². The van der Waals surface area contributed by atoms with Gasteiger partial charge in [0.1, 0.15) is 5.66 Å². The van der Waals surface area contributed by atoms with E-state index in [2.05, 4.69) is 10.2 Å². The summed E-state index contributed by atoms with van der Waals surface area (Å²) in [5.74, 6) is -0.503. The fourth-order valence-corrected chi connectivity index (χ4v) is 4.51. The Morgan fingerprint density at radius 3 is 2.58 bits per heavy atom. The number of rotatable bonds is 7. The molecule has 1 amide bonds. The van der Waals surface area contributed by atoms with Crippen LogP contribution in [-0.4, -0.2) is 45.4 Å². The molecule has 3 N–H and O–H groups in total. The van der Waals surface area contributed by atoms with Crippen molar-refractivity contribution in [2.45, 2.75) is 51.4 Å². The van der Waals surface area contributed by atoms with Gasteiger partial charge < -0.3 is 15.1 Å². The van der Waals surface area contributed by atoms with E-state index in [1.54, 1.807) is 0 Å². The van der Waals surface area contributed by atoms with Crippen molar-refractivity contribution in [2.24, 2.45) is 5.92 Å². The number of benzene rings is 1. The summed E-state index contributed by atoms with van der Waals surface area (Å²) in [5.41, 5.74) is -0.122. The molecule has 6 nitrogen and oxygen atoms in total. The Kier molecular flexibility index (Phi) is 7.68. The lowest BCUT2D eigenvalue weighted by Gasteiger charge is -2.34. The Hall–Kier alpha value is -0.910. The molecule has 8 heteroatoms. The molecule has 1 heterocycles. The minimum Gasteiger partial charge on any atom is -0.351 e. The Morgan fingerprint density at radius 1 is 1.35 bits per heavy atom. The summed E-state index contributed by atoms with van der Waals surface area (Å²) in [6.45, 7) is 6.07. The first-order valence-corrected chi connectivity index (χ1v) is 11.0. The van der Waals surface area contributed by atoms with Gasteiger partial charge in [-0.1, -0.05) is 37.6 Å². The van der Waals surface area contributed by atoms with Crippen LogP contribution in [0.2, 0.25) is 5.02 Å². The van der Waals surface area contributed by atoms with E-state index in [9.17, 15) is 19.1 Å². The lowest BCUT2D eigenvalue weighted by molar-refractivity contribution is -0.122. The summed E-state index contributed by atoms with van der Waals surface area (Å²) in [7, 11) is -4.47. The van der Waals surface area contributed by atoms with Crippen LogP contribution in [0.15, 0.2) is 24.3 Å². The zero-order valence-corrected chi connectivity index (χ0v) is 16.9. The minimum absolute atomic E-state index is 0.0335. The monoisotopic (exact) mass is 402 g/mol. The molecule has 2 atom stereocenters. The van der Waals surface area contributed by atoms with Crippen LogP contribution < -0.4 is 5.32 Å². The van der Waals surface area contributed by atoms with Crippen molar-refractivity contribution >= 4 is 25.1 Å². The predicted octanol–water partition coefficient (Wildman–Crippen LogP) is 3.01. The van der Waals surface area contributed by atoms with Gasteiger partial charge in [0, 0.05) is 24.2 Å². The fraction of sp³-hybridized carbons (Fsp3) is 0.611. The largest absolute Gasteiger partial charge is 0.351 e. The molecule has 146 valence electrons. The number of nitrogens with one attached hydrogen (secondary N) is 1. The highest BCUT2D eigenvalue weighted by Crippen LogP contribution is 2.44. The molecule has 0 saturated carbocycles. The van der Waals surface area contributed by atoms with E-state index >= 15 is 0 Å². The Balaban J connectivity index is 1.94. The van der Waals surface area contributed by atoms with Crippen molar-refractivity contribution in [2.75, 3.05) is 13.1 Å². The number of halogens is 1. The number of likely N-dealkylation sites (tertiary alicyclic amines) is 1. The predicted molar refractivity (Wildman–Crippen MR) is 103 cm³/mol. The highest BCUT2D eigenvalue weighted by molar-refractivity contribution is 7.53. The maximum absolute atomic E-state index is 12.5. The number of carbonyl (C=O) groups excluding carboxylic acids is 1. The third-order valence-corrected chi connectivity index (χ3v) is 6.08. The van der Waals surface area contributed by atoms with E-state index in [4.69, 9.17) is 11.6 Å². The van der Waals surface area contributed by atoms with E-state index in [-0.39, 0.29) is 18.4 Å². The van der Waals surface area contributed by atoms with Crippen LogP contribution in [0.4, 0.5) is 0 Å². The van der Waals surface area contributed by atoms with Gasteiger partial charge in [0.15, 0.2) is 0 Å². The molecule has 2 rings (SSSR count). The Labute approximate surface area is 160 Å². The van der Waals surface area contributed by atoms with Crippen LogP contribution in [0, 0.1) is 5.92 Å².